The molecule has 0 aliphatic rings. The standard InChI is InChI=1S/C18H25N3/c1-6-10-21(11-7-2)17(13(3)4)18-19-15-9-8-14(5)12-16(15)20-18/h6-9,12-13,17H,1-2,10-11H2,3-5H3,(H,19,20). The molecule has 2 rings (SSSR count). The van der Waals surface area contributed by atoms with Crippen LogP contribution in [0.1, 0.15) is 31.3 Å². The molecule has 0 bridgehead atoms. The molecule has 1 atom stereocenters. The monoisotopic (exact) mass is 283 g/mol. The van der Waals surface area contributed by atoms with Crippen LogP contribution in [-0.4, -0.2) is 28.0 Å². The van der Waals surface area contributed by atoms with Crippen molar-refractivity contribution in [3.8, 4) is 0 Å². The summed E-state index contributed by atoms with van der Waals surface area (Å²) in [6.45, 7) is 15.9. The lowest BCUT2D eigenvalue weighted by Crippen LogP contribution is -2.33. The number of aryl methyl sites for hydroxylation is 1. The second kappa shape index (κ2) is 6.72. The number of hydrogen-bond donors (Lipinski definition) is 1. The van der Waals surface area contributed by atoms with Crippen LogP contribution in [0.25, 0.3) is 11.0 Å². The van der Waals surface area contributed by atoms with E-state index in [0.29, 0.717) is 5.92 Å². The number of nitrogens with one attached hydrogen (secondary N) is 1. The summed E-state index contributed by atoms with van der Waals surface area (Å²) < 4.78 is 0. The smallest absolute Gasteiger partial charge is 0.124 e. The second-order valence-corrected chi connectivity index (χ2v) is 5.86. The Morgan fingerprint density at radius 1 is 1.24 bits per heavy atom. The van der Waals surface area contributed by atoms with Crippen molar-refractivity contribution in [2.24, 2.45) is 5.92 Å². The van der Waals surface area contributed by atoms with Crippen molar-refractivity contribution in [1.82, 2.24) is 14.9 Å². The maximum absolute atomic E-state index is 4.80. The van der Waals surface area contributed by atoms with Gasteiger partial charge in [-0.05, 0) is 30.5 Å². The van der Waals surface area contributed by atoms with Crippen LogP contribution >= 0.6 is 0 Å². The zero-order valence-electron chi connectivity index (χ0n) is 13.3. The van der Waals surface area contributed by atoms with E-state index in [-0.39, 0.29) is 6.04 Å². The van der Waals surface area contributed by atoms with Crippen LogP contribution in [0.3, 0.4) is 0 Å². The molecule has 0 aliphatic carbocycles. The molecule has 3 nitrogen and oxygen atoms in total. The third-order valence-electron chi connectivity index (χ3n) is 3.69. The average Bonchev–Trinajstić information content (AvgIpc) is 2.81. The predicted molar refractivity (Wildman–Crippen MR) is 90.4 cm³/mol. The van der Waals surface area contributed by atoms with Crippen molar-refractivity contribution in [3.63, 3.8) is 0 Å². The summed E-state index contributed by atoms with van der Waals surface area (Å²) in [6.07, 6.45) is 3.87. The SMILES string of the molecule is C=CCN(CC=C)C(c1nc2ccc(C)cc2[nH]1)C(C)C. The highest BCUT2D eigenvalue weighted by molar-refractivity contribution is 5.75. The highest BCUT2D eigenvalue weighted by atomic mass is 15.2. The van der Waals surface area contributed by atoms with Gasteiger partial charge in [-0.1, -0.05) is 32.1 Å². The molecule has 0 fully saturated rings. The van der Waals surface area contributed by atoms with Crippen LogP contribution in [0.5, 0.6) is 0 Å². The Morgan fingerprint density at radius 2 is 1.90 bits per heavy atom. The van der Waals surface area contributed by atoms with E-state index < -0.39 is 0 Å². The maximum Gasteiger partial charge on any atom is 0.124 e. The highest BCUT2D eigenvalue weighted by Gasteiger charge is 2.25. The van der Waals surface area contributed by atoms with E-state index in [1.165, 1.54) is 5.56 Å². The molecule has 1 N–H and O–H groups in total. The Bertz CT molecular complexity index is 614. The Labute approximate surface area is 127 Å². The van der Waals surface area contributed by atoms with Crippen LogP contribution in [-0.2, 0) is 0 Å². The van der Waals surface area contributed by atoms with Crippen LogP contribution in [0, 0.1) is 12.8 Å². The van der Waals surface area contributed by atoms with Crippen molar-refractivity contribution < 1.29 is 0 Å². The Kier molecular flexibility index (Phi) is 4.97. The van der Waals surface area contributed by atoms with Gasteiger partial charge >= 0.3 is 0 Å². The van der Waals surface area contributed by atoms with Gasteiger partial charge in [-0.2, -0.15) is 0 Å². The fraction of sp³-hybridized carbons (Fsp3) is 0.389. The van der Waals surface area contributed by atoms with Gasteiger partial charge in [-0.3, -0.25) is 4.90 Å². The molecule has 0 aliphatic heterocycles. The van der Waals surface area contributed by atoms with Gasteiger partial charge in [-0.25, -0.2) is 4.98 Å². The van der Waals surface area contributed by atoms with E-state index in [2.05, 4.69) is 62.0 Å². The first-order valence-corrected chi connectivity index (χ1v) is 7.49. The molecule has 3 heteroatoms. The molecule has 0 spiro atoms. The molecule has 1 unspecified atom stereocenters. The summed E-state index contributed by atoms with van der Waals surface area (Å²) in [6, 6.07) is 6.55. The van der Waals surface area contributed by atoms with Gasteiger partial charge in [0, 0.05) is 13.1 Å². The Balaban J connectivity index is 2.43. The fourth-order valence-electron chi connectivity index (χ4n) is 2.83. The third-order valence-corrected chi connectivity index (χ3v) is 3.69. The topological polar surface area (TPSA) is 31.9 Å². The number of nitrogens with zero attached hydrogens (tertiary/aromatic N) is 2. The molecule has 0 radical (unpaired) electrons. The lowest BCUT2D eigenvalue weighted by atomic mass is 10.0. The largest absolute Gasteiger partial charge is 0.341 e. The quantitative estimate of drug-likeness (QED) is 0.771. The molecular weight excluding hydrogens is 258 g/mol. The van der Waals surface area contributed by atoms with Crippen LogP contribution in [0.4, 0.5) is 0 Å². The lowest BCUT2D eigenvalue weighted by molar-refractivity contribution is 0.183. The minimum absolute atomic E-state index is 0.230. The molecule has 0 saturated heterocycles. The van der Waals surface area contributed by atoms with Crippen molar-refractivity contribution in [2.75, 3.05) is 13.1 Å². The van der Waals surface area contributed by atoms with Crippen molar-refractivity contribution in [2.45, 2.75) is 26.8 Å². The van der Waals surface area contributed by atoms with Gasteiger partial charge in [0.05, 0.1) is 17.1 Å². The lowest BCUT2D eigenvalue weighted by Gasteiger charge is -2.31. The number of aromatic nitrogens is 2. The number of fused-ring (bicyclic) bond motifs is 1. The number of hydrogen-bond acceptors (Lipinski definition) is 2. The van der Waals surface area contributed by atoms with Crippen molar-refractivity contribution in [3.05, 3.63) is 54.9 Å². The summed E-state index contributed by atoms with van der Waals surface area (Å²) >= 11 is 0. The van der Waals surface area contributed by atoms with Crippen LogP contribution < -0.4 is 0 Å². The normalized spacial score (nSPS) is 13.0. The molecule has 1 aromatic carbocycles. The molecule has 1 heterocycles. The zero-order valence-corrected chi connectivity index (χ0v) is 13.3. The van der Waals surface area contributed by atoms with Gasteiger partial charge in [0.1, 0.15) is 5.82 Å². The summed E-state index contributed by atoms with van der Waals surface area (Å²) in [5.41, 5.74) is 3.37. The van der Waals surface area contributed by atoms with Gasteiger partial charge in [0.15, 0.2) is 0 Å². The Hall–Kier alpha value is -1.87. The summed E-state index contributed by atoms with van der Waals surface area (Å²) in [7, 11) is 0. The fourth-order valence-corrected chi connectivity index (χ4v) is 2.83. The van der Waals surface area contributed by atoms with Gasteiger partial charge in [0.25, 0.3) is 0 Å². The Morgan fingerprint density at radius 3 is 2.48 bits per heavy atom. The number of rotatable bonds is 7. The minimum atomic E-state index is 0.230. The van der Waals surface area contributed by atoms with Crippen LogP contribution in [0.15, 0.2) is 43.5 Å². The van der Waals surface area contributed by atoms with Crippen molar-refractivity contribution >= 4 is 11.0 Å². The van der Waals surface area contributed by atoms with Gasteiger partial charge in [0.2, 0.25) is 0 Å². The van der Waals surface area contributed by atoms with Gasteiger partial charge in [-0.15, -0.1) is 13.2 Å². The van der Waals surface area contributed by atoms with E-state index in [1.807, 2.05) is 12.2 Å². The van der Waals surface area contributed by atoms with E-state index >= 15 is 0 Å². The number of aromatic amines is 1. The average molecular weight is 283 g/mol. The third kappa shape index (κ3) is 3.42. The van der Waals surface area contributed by atoms with E-state index in [4.69, 9.17) is 4.98 Å². The first-order valence-electron chi connectivity index (χ1n) is 7.49. The van der Waals surface area contributed by atoms with E-state index in [0.717, 1.165) is 29.9 Å². The molecule has 21 heavy (non-hydrogen) atoms. The number of H-pyrrole nitrogens is 1. The molecular formula is C18H25N3. The van der Waals surface area contributed by atoms with E-state index in [9.17, 15) is 0 Å². The molecule has 0 amide bonds. The van der Waals surface area contributed by atoms with Crippen LogP contribution in [0.2, 0.25) is 0 Å². The summed E-state index contributed by atoms with van der Waals surface area (Å²) in [4.78, 5) is 10.6. The number of imidazole rings is 1. The zero-order chi connectivity index (χ0) is 15.4. The second-order valence-electron chi connectivity index (χ2n) is 5.86. The highest BCUT2D eigenvalue weighted by Crippen LogP contribution is 2.28. The molecule has 1 aromatic heterocycles. The summed E-state index contributed by atoms with van der Waals surface area (Å²) in [5, 5.41) is 0. The van der Waals surface area contributed by atoms with Crippen molar-refractivity contribution in [1.29, 1.82) is 0 Å². The number of benzene rings is 1. The maximum atomic E-state index is 4.80. The molecule has 0 saturated carbocycles. The first kappa shape index (κ1) is 15.5. The summed E-state index contributed by atoms with van der Waals surface area (Å²) in [5.74, 6) is 1.47. The van der Waals surface area contributed by atoms with E-state index in [1.54, 1.807) is 0 Å². The molecule has 2 aromatic rings. The minimum Gasteiger partial charge on any atom is -0.341 e. The van der Waals surface area contributed by atoms with Gasteiger partial charge < -0.3 is 4.98 Å². The first-order chi connectivity index (χ1) is 10.1. The predicted octanol–water partition coefficient (Wildman–Crippen LogP) is 4.24. The molecule has 112 valence electrons.